The number of aromatic nitrogens is 2. The van der Waals surface area contributed by atoms with E-state index >= 15 is 0 Å². The molecule has 0 fully saturated rings. The summed E-state index contributed by atoms with van der Waals surface area (Å²) in [6.07, 6.45) is 3.27. The number of nitro groups is 1. The minimum absolute atomic E-state index is 0.0175. The van der Waals surface area contributed by atoms with Crippen LogP contribution < -0.4 is 5.32 Å². The number of hydrogen-bond acceptors (Lipinski definition) is 5. The van der Waals surface area contributed by atoms with E-state index in [0.717, 1.165) is 16.8 Å². The maximum absolute atomic E-state index is 11.5. The number of hydrogen-bond donors (Lipinski definition) is 1. The van der Waals surface area contributed by atoms with E-state index in [1.807, 2.05) is 49.4 Å². The van der Waals surface area contributed by atoms with Crippen LogP contribution in [-0.4, -0.2) is 14.9 Å². The first kappa shape index (κ1) is 16.6. The first-order chi connectivity index (χ1) is 12.1. The number of benzene rings is 1. The Balaban J connectivity index is 2.08. The molecule has 3 rings (SSSR count). The Morgan fingerprint density at radius 3 is 2.56 bits per heavy atom. The van der Waals surface area contributed by atoms with Gasteiger partial charge in [0.25, 0.3) is 0 Å². The second-order valence-electron chi connectivity index (χ2n) is 5.83. The number of nitrogens with one attached hydrogen (secondary N) is 1. The fourth-order valence-electron chi connectivity index (χ4n) is 2.75. The molecule has 0 saturated heterocycles. The van der Waals surface area contributed by atoms with E-state index in [1.165, 1.54) is 0 Å². The van der Waals surface area contributed by atoms with Crippen molar-refractivity contribution in [3.8, 4) is 0 Å². The van der Waals surface area contributed by atoms with Crippen LogP contribution in [0.5, 0.6) is 0 Å². The summed E-state index contributed by atoms with van der Waals surface area (Å²) in [5.41, 5.74) is 3.39. The standard InChI is InChI=1S/C19H18N4O2/c1-13-6-5-7-15(12-13)17(16-8-3-4-10-20-16)22-19-18(23(24)25)14(2)9-11-21-19/h3-12,17H,1-2H3,(H,21,22). The van der Waals surface area contributed by atoms with Gasteiger partial charge in [0.2, 0.25) is 5.82 Å². The fraction of sp³-hybridized carbons (Fsp3) is 0.158. The highest BCUT2D eigenvalue weighted by molar-refractivity contribution is 5.61. The molecule has 3 aromatic rings. The lowest BCUT2D eigenvalue weighted by Gasteiger charge is -2.20. The van der Waals surface area contributed by atoms with Gasteiger partial charge in [-0.2, -0.15) is 0 Å². The van der Waals surface area contributed by atoms with E-state index in [4.69, 9.17) is 0 Å². The molecule has 6 heteroatoms. The summed E-state index contributed by atoms with van der Waals surface area (Å²) >= 11 is 0. The van der Waals surface area contributed by atoms with Gasteiger partial charge in [0.15, 0.2) is 0 Å². The number of rotatable bonds is 5. The molecule has 6 nitrogen and oxygen atoms in total. The van der Waals surface area contributed by atoms with Crippen molar-refractivity contribution in [1.82, 2.24) is 9.97 Å². The molecule has 2 aromatic heterocycles. The Morgan fingerprint density at radius 2 is 1.88 bits per heavy atom. The average Bonchev–Trinajstić information content (AvgIpc) is 2.60. The van der Waals surface area contributed by atoms with Gasteiger partial charge in [-0.3, -0.25) is 15.1 Å². The molecule has 0 bridgehead atoms. The van der Waals surface area contributed by atoms with Crippen molar-refractivity contribution in [3.63, 3.8) is 0 Å². The van der Waals surface area contributed by atoms with E-state index in [-0.39, 0.29) is 17.5 Å². The number of aryl methyl sites for hydroxylation is 2. The van der Waals surface area contributed by atoms with E-state index < -0.39 is 4.92 Å². The summed E-state index contributed by atoms with van der Waals surface area (Å²) in [7, 11) is 0. The largest absolute Gasteiger partial charge is 0.352 e. The lowest BCUT2D eigenvalue weighted by atomic mass is 10.0. The molecule has 0 aliphatic rings. The number of anilines is 1. The zero-order chi connectivity index (χ0) is 17.8. The first-order valence-electron chi connectivity index (χ1n) is 7.90. The Kier molecular flexibility index (Phi) is 4.70. The summed E-state index contributed by atoms with van der Waals surface area (Å²) in [6, 6.07) is 14.9. The molecule has 0 aliphatic heterocycles. The second kappa shape index (κ2) is 7.09. The molecule has 0 saturated carbocycles. The molecule has 126 valence electrons. The summed E-state index contributed by atoms with van der Waals surface area (Å²) in [5, 5.41) is 14.7. The van der Waals surface area contributed by atoms with Crippen molar-refractivity contribution in [2.24, 2.45) is 0 Å². The van der Waals surface area contributed by atoms with E-state index in [0.29, 0.717) is 5.56 Å². The lowest BCUT2D eigenvalue weighted by Crippen LogP contribution is -2.16. The Hall–Kier alpha value is -3.28. The quantitative estimate of drug-likeness (QED) is 0.558. The van der Waals surface area contributed by atoms with Gasteiger partial charge in [0.05, 0.1) is 16.7 Å². The third-order valence-corrected chi connectivity index (χ3v) is 3.95. The van der Waals surface area contributed by atoms with Crippen LogP contribution in [-0.2, 0) is 0 Å². The van der Waals surface area contributed by atoms with Crippen molar-refractivity contribution in [3.05, 3.63) is 93.4 Å². The van der Waals surface area contributed by atoms with Gasteiger partial charge in [0.1, 0.15) is 0 Å². The van der Waals surface area contributed by atoms with Gasteiger partial charge in [-0.25, -0.2) is 4.98 Å². The van der Waals surface area contributed by atoms with Crippen molar-refractivity contribution in [2.45, 2.75) is 19.9 Å². The Bertz CT molecular complexity index is 897. The van der Waals surface area contributed by atoms with Crippen molar-refractivity contribution in [2.75, 3.05) is 5.32 Å². The zero-order valence-corrected chi connectivity index (χ0v) is 14.0. The fourth-order valence-corrected chi connectivity index (χ4v) is 2.75. The SMILES string of the molecule is Cc1cccc(C(Nc2nccc(C)c2[N+](=O)[O-])c2ccccn2)c1. The molecule has 1 aromatic carbocycles. The van der Waals surface area contributed by atoms with Gasteiger partial charge in [-0.05, 0) is 37.6 Å². The van der Waals surface area contributed by atoms with Gasteiger partial charge < -0.3 is 5.32 Å². The first-order valence-corrected chi connectivity index (χ1v) is 7.90. The molecule has 0 aliphatic carbocycles. The van der Waals surface area contributed by atoms with E-state index in [1.54, 1.807) is 25.4 Å². The molecular formula is C19H18N4O2. The minimum Gasteiger partial charge on any atom is -0.352 e. The topological polar surface area (TPSA) is 81.0 Å². The van der Waals surface area contributed by atoms with Crippen LogP contribution in [0.15, 0.2) is 60.9 Å². The maximum Gasteiger partial charge on any atom is 0.314 e. The van der Waals surface area contributed by atoms with Crippen LogP contribution >= 0.6 is 0 Å². The van der Waals surface area contributed by atoms with Gasteiger partial charge in [-0.15, -0.1) is 0 Å². The molecule has 0 amide bonds. The van der Waals surface area contributed by atoms with Crippen LogP contribution in [0.1, 0.15) is 28.4 Å². The molecule has 0 spiro atoms. The third-order valence-electron chi connectivity index (χ3n) is 3.95. The third kappa shape index (κ3) is 3.63. The van der Waals surface area contributed by atoms with E-state index in [2.05, 4.69) is 15.3 Å². The summed E-state index contributed by atoms with van der Waals surface area (Å²) in [5.74, 6) is 0.238. The summed E-state index contributed by atoms with van der Waals surface area (Å²) in [4.78, 5) is 19.7. The van der Waals surface area contributed by atoms with Gasteiger partial charge >= 0.3 is 5.69 Å². The smallest absolute Gasteiger partial charge is 0.314 e. The Morgan fingerprint density at radius 1 is 1.04 bits per heavy atom. The predicted molar refractivity (Wildman–Crippen MR) is 96.5 cm³/mol. The van der Waals surface area contributed by atoms with Gasteiger partial charge in [0, 0.05) is 18.0 Å². The molecular weight excluding hydrogens is 316 g/mol. The van der Waals surface area contributed by atoms with Crippen molar-refractivity contribution < 1.29 is 4.92 Å². The highest BCUT2D eigenvalue weighted by atomic mass is 16.6. The van der Waals surface area contributed by atoms with Gasteiger partial charge in [-0.1, -0.05) is 35.9 Å². The lowest BCUT2D eigenvalue weighted by molar-refractivity contribution is -0.384. The van der Waals surface area contributed by atoms with Crippen LogP contribution in [0.2, 0.25) is 0 Å². The summed E-state index contributed by atoms with van der Waals surface area (Å²) in [6.45, 7) is 3.71. The molecule has 1 unspecified atom stereocenters. The normalized spacial score (nSPS) is 11.8. The average molecular weight is 334 g/mol. The zero-order valence-electron chi connectivity index (χ0n) is 14.0. The molecule has 2 heterocycles. The summed E-state index contributed by atoms with van der Waals surface area (Å²) < 4.78 is 0. The minimum atomic E-state index is -0.406. The van der Waals surface area contributed by atoms with Crippen LogP contribution in [0.25, 0.3) is 0 Å². The highest BCUT2D eigenvalue weighted by Gasteiger charge is 2.23. The van der Waals surface area contributed by atoms with Crippen LogP contribution in [0, 0.1) is 24.0 Å². The molecule has 25 heavy (non-hydrogen) atoms. The highest BCUT2D eigenvalue weighted by Crippen LogP contribution is 2.31. The van der Waals surface area contributed by atoms with Crippen LogP contribution in [0.4, 0.5) is 11.5 Å². The molecule has 1 atom stereocenters. The van der Waals surface area contributed by atoms with Crippen LogP contribution in [0.3, 0.4) is 0 Å². The number of nitrogens with zero attached hydrogens (tertiary/aromatic N) is 3. The maximum atomic E-state index is 11.5. The number of pyridine rings is 2. The van der Waals surface area contributed by atoms with Crippen molar-refractivity contribution >= 4 is 11.5 Å². The predicted octanol–water partition coefficient (Wildman–Crippen LogP) is 4.20. The molecule has 1 N–H and O–H groups in total. The molecule has 0 radical (unpaired) electrons. The second-order valence-corrected chi connectivity index (χ2v) is 5.83. The van der Waals surface area contributed by atoms with Crippen molar-refractivity contribution in [1.29, 1.82) is 0 Å². The Labute approximate surface area is 145 Å². The monoisotopic (exact) mass is 334 g/mol. The van der Waals surface area contributed by atoms with E-state index in [9.17, 15) is 10.1 Å².